The Morgan fingerprint density at radius 2 is 1.90 bits per heavy atom. The molecule has 1 aliphatic heterocycles. The topological polar surface area (TPSA) is 126 Å². The monoisotopic (exact) mass is 399 g/mol. The van der Waals surface area contributed by atoms with Gasteiger partial charge in [-0.25, -0.2) is 14.8 Å². The first kappa shape index (κ1) is 20.1. The molecule has 1 aliphatic rings. The van der Waals surface area contributed by atoms with E-state index in [9.17, 15) is 14.7 Å². The second-order valence-electron chi connectivity index (χ2n) is 6.40. The Labute approximate surface area is 167 Å². The van der Waals surface area contributed by atoms with Crippen LogP contribution in [0, 0.1) is 13.8 Å². The van der Waals surface area contributed by atoms with Gasteiger partial charge >= 0.3 is 5.97 Å². The molecule has 0 spiro atoms. The fourth-order valence-electron chi connectivity index (χ4n) is 3.05. The van der Waals surface area contributed by atoms with Gasteiger partial charge in [0.05, 0.1) is 26.3 Å². The van der Waals surface area contributed by atoms with E-state index in [1.807, 2.05) is 0 Å². The Hall–Kier alpha value is -3.69. The number of aliphatic carboxylic acids is 1. The summed E-state index contributed by atoms with van der Waals surface area (Å²) in [6, 6.07) is 5.53. The molecule has 29 heavy (non-hydrogen) atoms. The zero-order chi connectivity index (χ0) is 21.1. The van der Waals surface area contributed by atoms with E-state index < -0.39 is 17.9 Å². The third-order valence-corrected chi connectivity index (χ3v) is 4.28. The van der Waals surface area contributed by atoms with Crippen LogP contribution in [0.15, 0.2) is 29.3 Å². The number of benzene rings is 1. The highest BCUT2D eigenvalue weighted by Gasteiger charge is 2.38. The number of carbonyl (C=O) groups is 2. The lowest BCUT2D eigenvalue weighted by Crippen LogP contribution is -2.58. The summed E-state index contributed by atoms with van der Waals surface area (Å²) in [6.45, 7) is 3.58. The number of carboxylic acid groups (broad SMARTS) is 1. The van der Waals surface area contributed by atoms with Crippen LogP contribution in [0.25, 0.3) is 0 Å². The van der Waals surface area contributed by atoms with E-state index in [2.05, 4.69) is 20.3 Å². The smallest absolute Gasteiger partial charge is 0.327 e. The normalized spacial score (nSPS) is 17.8. The van der Waals surface area contributed by atoms with Gasteiger partial charge < -0.3 is 14.6 Å². The first-order valence-corrected chi connectivity index (χ1v) is 8.77. The van der Waals surface area contributed by atoms with E-state index in [1.165, 1.54) is 19.1 Å². The minimum Gasteiger partial charge on any atom is -0.497 e. The van der Waals surface area contributed by atoms with Crippen molar-refractivity contribution in [3.63, 3.8) is 0 Å². The van der Waals surface area contributed by atoms with Crippen molar-refractivity contribution in [2.45, 2.75) is 26.3 Å². The van der Waals surface area contributed by atoms with E-state index >= 15 is 0 Å². The molecular weight excluding hydrogens is 378 g/mol. The number of ether oxygens (including phenoxy) is 2. The Morgan fingerprint density at radius 1 is 1.21 bits per heavy atom. The third kappa shape index (κ3) is 4.26. The zero-order valence-corrected chi connectivity index (χ0v) is 16.5. The van der Waals surface area contributed by atoms with E-state index in [4.69, 9.17) is 9.47 Å². The van der Waals surface area contributed by atoms with Crippen molar-refractivity contribution in [3.8, 4) is 11.5 Å². The van der Waals surface area contributed by atoms with Gasteiger partial charge in [0.15, 0.2) is 0 Å². The zero-order valence-electron chi connectivity index (χ0n) is 16.5. The van der Waals surface area contributed by atoms with Gasteiger partial charge in [0, 0.05) is 17.5 Å². The second-order valence-corrected chi connectivity index (χ2v) is 6.40. The summed E-state index contributed by atoms with van der Waals surface area (Å²) in [5.41, 5.74) is 1.76. The second kappa shape index (κ2) is 8.13. The molecule has 1 atom stereocenters. The molecule has 0 aliphatic carbocycles. The SMILES string of the molecule is COc1ccc(OC)c(N2C(=Nc3nc(C)cc(C)n3)NC(=O)CC2C(=O)O)c1. The Balaban J connectivity index is 2.20. The van der Waals surface area contributed by atoms with Gasteiger partial charge in [0.1, 0.15) is 17.5 Å². The van der Waals surface area contributed by atoms with E-state index in [0.717, 1.165) is 0 Å². The number of guanidine groups is 1. The molecule has 0 bridgehead atoms. The van der Waals surface area contributed by atoms with Crippen LogP contribution in [0.5, 0.6) is 11.5 Å². The highest BCUT2D eigenvalue weighted by atomic mass is 16.5. The number of hydrogen-bond donors (Lipinski definition) is 2. The van der Waals surface area contributed by atoms with E-state index in [1.54, 1.807) is 38.1 Å². The van der Waals surface area contributed by atoms with Crippen LogP contribution in [-0.4, -0.2) is 53.2 Å². The molecule has 1 aromatic heterocycles. The first-order valence-electron chi connectivity index (χ1n) is 8.77. The minimum absolute atomic E-state index is 0.00907. The fraction of sp³-hybridized carbons (Fsp3) is 0.316. The van der Waals surface area contributed by atoms with E-state index in [0.29, 0.717) is 28.6 Å². The summed E-state index contributed by atoms with van der Waals surface area (Å²) in [5.74, 6) is -0.676. The molecule has 1 amide bonds. The maximum Gasteiger partial charge on any atom is 0.327 e. The molecule has 2 heterocycles. The number of carboxylic acids is 1. The minimum atomic E-state index is -1.20. The van der Waals surface area contributed by atoms with Gasteiger partial charge in [-0.1, -0.05) is 0 Å². The lowest BCUT2D eigenvalue weighted by Gasteiger charge is -2.35. The first-order chi connectivity index (χ1) is 13.8. The van der Waals surface area contributed by atoms with Gasteiger partial charge in [-0.2, -0.15) is 4.99 Å². The predicted octanol–water partition coefficient (Wildman–Crippen LogP) is 1.58. The molecule has 2 aromatic rings. The number of aromatic nitrogens is 2. The standard InChI is InChI=1S/C19H21N5O5/c1-10-7-11(2)21-18(20-10)23-19-22-16(25)9-14(17(26)27)24(19)13-8-12(28-3)5-6-15(13)29-4/h5-8,14H,9H2,1-4H3,(H,26,27)(H,20,21,22,23,25). The van der Waals surface area contributed by atoms with Crippen molar-refractivity contribution in [2.75, 3.05) is 19.1 Å². The van der Waals surface area contributed by atoms with Gasteiger partial charge in [-0.3, -0.25) is 15.0 Å². The summed E-state index contributed by atoms with van der Waals surface area (Å²) in [7, 11) is 2.96. The third-order valence-electron chi connectivity index (χ3n) is 4.28. The molecule has 1 unspecified atom stereocenters. The number of methoxy groups -OCH3 is 2. The van der Waals surface area contributed by atoms with Crippen LogP contribution < -0.4 is 19.7 Å². The molecular formula is C19H21N5O5. The lowest BCUT2D eigenvalue weighted by atomic mass is 10.1. The van der Waals surface area contributed by atoms with Crippen molar-refractivity contribution in [1.82, 2.24) is 15.3 Å². The maximum absolute atomic E-state index is 12.2. The number of aliphatic imine (C=N–C) groups is 1. The van der Waals surface area contributed by atoms with Crippen LogP contribution in [0.2, 0.25) is 0 Å². The van der Waals surface area contributed by atoms with Crippen LogP contribution in [-0.2, 0) is 9.59 Å². The van der Waals surface area contributed by atoms with Gasteiger partial charge in [-0.05, 0) is 32.0 Å². The summed E-state index contributed by atoms with van der Waals surface area (Å²) in [4.78, 5) is 38.4. The Morgan fingerprint density at radius 3 is 2.48 bits per heavy atom. The number of nitrogens with zero attached hydrogens (tertiary/aromatic N) is 4. The van der Waals surface area contributed by atoms with E-state index in [-0.39, 0.29) is 18.3 Å². The summed E-state index contributed by atoms with van der Waals surface area (Å²) >= 11 is 0. The molecule has 10 heteroatoms. The van der Waals surface area contributed by atoms with Crippen LogP contribution in [0.3, 0.4) is 0 Å². The average Bonchev–Trinajstić information content (AvgIpc) is 2.66. The molecule has 152 valence electrons. The molecule has 1 saturated heterocycles. The van der Waals surface area contributed by atoms with Crippen molar-refractivity contribution in [3.05, 3.63) is 35.7 Å². The molecule has 0 radical (unpaired) electrons. The predicted molar refractivity (Wildman–Crippen MR) is 105 cm³/mol. The summed E-state index contributed by atoms with van der Waals surface area (Å²) in [5, 5.41) is 12.4. The number of amides is 1. The summed E-state index contributed by atoms with van der Waals surface area (Å²) < 4.78 is 10.7. The van der Waals surface area contributed by atoms with Crippen molar-refractivity contribution in [1.29, 1.82) is 0 Å². The van der Waals surface area contributed by atoms with Crippen molar-refractivity contribution in [2.24, 2.45) is 4.99 Å². The molecule has 1 fully saturated rings. The van der Waals surface area contributed by atoms with Crippen molar-refractivity contribution < 1.29 is 24.2 Å². The number of hydrogen-bond acceptors (Lipinski definition) is 7. The largest absolute Gasteiger partial charge is 0.497 e. The van der Waals surface area contributed by atoms with Gasteiger partial charge in [0.25, 0.3) is 5.95 Å². The van der Waals surface area contributed by atoms with Gasteiger partial charge in [0.2, 0.25) is 11.9 Å². The Bertz CT molecular complexity index is 971. The highest BCUT2D eigenvalue weighted by Crippen LogP contribution is 2.35. The molecule has 2 N–H and O–H groups in total. The highest BCUT2D eigenvalue weighted by molar-refractivity contribution is 6.13. The van der Waals surface area contributed by atoms with Crippen LogP contribution >= 0.6 is 0 Å². The molecule has 10 nitrogen and oxygen atoms in total. The number of aryl methyl sites for hydroxylation is 2. The Kier molecular flexibility index (Phi) is 5.62. The van der Waals surface area contributed by atoms with Crippen LogP contribution in [0.1, 0.15) is 17.8 Å². The number of nitrogens with one attached hydrogen (secondary N) is 1. The van der Waals surface area contributed by atoms with Crippen molar-refractivity contribution >= 4 is 29.5 Å². The lowest BCUT2D eigenvalue weighted by molar-refractivity contribution is -0.140. The molecule has 0 saturated carbocycles. The fourth-order valence-corrected chi connectivity index (χ4v) is 3.05. The average molecular weight is 399 g/mol. The summed E-state index contributed by atoms with van der Waals surface area (Å²) in [6.07, 6.45) is -0.261. The maximum atomic E-state index is 12.2. The number of rotatable bonds is 5. The van der Waals surface area contributed by atoms with Crippen LogP contribution in [0.4, 0.5) is 11.6 Å². The number of carbonyl (C=O) groups excluding carboxylic acids is 1. The molecule has 3 rings (SSSR count). The van der Waals surface area contributed by atoms with Gasteiger partial charge in [-0.15, -0.1) is 0 Å². The molecule has 1 aromatic carbocycles. The number of anilines is 1. The quantitative estimate of drug-likeness (QED) is 0.776.